The molecule has 0 radical (unpaired) electrons. The number of Topliss-reactive ketones (excluding diaryl/α,β-unsaturated/α-hetero) is 1. The molecule has 0 aliphatic heterocycles. The van der Waals surface area contributed by atoms with Crippen molar-refractivity contribution in [1.29, 1.82) is 0 Å². The maximum absolute atomic E-state index is 11.7. The highest BCUT2D eigenvalue weighted by Crippen LogP contribution is 2.28. The number of esters is 1. The first-order chi connectivity index (χ1) is 10.3. The Bertz CT molecular complexity index is 850. The van der Waals surface area contributed by atoms with Crippen LogP contribution < -0.4 is 10.9 Å². The van der Waals surface area contributed by atoms with Crippen LogP contribution in [0.15, 0.2) is 27.4 Å². The van der Waals surface area contributed by atoms with E-state index in [2.05, 4.69) is 10.1 Å². The Balaban J connectivity index is 2.51. The molecule has 0 bridgehead atoms. The smallest absolute Gasteiger partial charge is 0.396 e. The van der Waals surface area contributed by atoms with Crippen LogP contribution in [0.2, 0.25) is 0 Å². The van der Waals surface area contributed by atoms with Gasteiger partial charge >= 0.3 is 17.5 Å². The van der Waals surface area contributed by atoms with Gasteiger partial charge in [-0.2, -0.15) is 0 Å². The average molecular weight is 305 g/mol. The Morgan fingerprint density at radius 3 is 2.55 bits per heavy atom. The Labute approximate surface area is 123 Å². The third-order valence-electron chi connectivity index (χ3n) is 2.86. The third-order valence-corrected chi connectivity index (χ3v) is 2.86. The number of benzene rings is 1. The first-order valence-electron chi connectivity index (χ1n) is 6.05. The number of fused-ring (bicyclic) bond motifs is 1. The van der Waals surface area contributed by atoms with Crippen molar-refractivity contribution >= 4 is 34.3 Å². The van der Waals surface area contributed by atoms with Gasteiger partial charge in [0.15, 0.2) is 5.78 Å². The second kappa shape index (κ2) is 5.68. The van der Waals surface area contributed by atoms with Crippen molar-refractivity contribution in [3.63, 3.8) is 0 Å². The Morgan fingerprint density at radius 2 is 1.95 bits per heavy atom. The molecule has 2 N–H and O–H groups in total. The zero-order valence-corrected chi connectivity index (χ0v) is 11.6. The van der Waals surface area contributed by atoms with Gasteiger partial charge in [0.2, 0.25) is 0 Å². The fourth-order valence-electron chi connectivity index (χ4n) is 1.85. The van der Waals surface area contributed by atoms with Crippen molar-refractivity contribution < 1.29 is 28.6 Å². The molecule has 1 amide bonds. The van der Waals surface area contributed by atoms with Crippen LogP contribution in [0.3, 0.4) is 0 Å². The minimum Gasteiger partial charge on any atom is -0.506 e. The number of carbonyl (C=O) groups excluding carboxylic acids is 3. The summed E-state index contributed by atoms with van der Waals surface area (Å²) in [7, 11) is 1.06. The fraction of sp³-hybridized carbons (Fsp3) is 0.143. The molecule has 0 unspecified atom stereocenters. The predicted molar refractivity (Wildman–Crippen MR) is 74.8 cm³/mol. The number of ketones is 1. The average Bonchev–Trinajstić information content (AvgIpc) is 2.45. The topological polar surface area (TPSA) is 123 Å². The number of hydrogen-bond donors (Lipinski definition) is 2. The number of methoxy groups -OCH3 is 1. The summed E-state index contributed by atoms with van der Waals surface area (Å²) in [4.78, 5) is 45.4. The molecular weight excluding hydrogens is 294 g/mol. The number of nitrogens with one attached hydrogen (secondary N) is 1. The Morgan fingerprint density at radius 1 is 1.27 bits per heavy atom. The predicted octanol–water partition coefficient (Wildman–Crippen LogP) is 0.813. The minimum atomic E-state index is -1.09. The number of rotatable bonds is 2. The van der Waals surface area contributed by atoms with E-state index >= 15 is 0 Å². The van der Waals surface area contributed by atoms with E-state index in [4.69, 9.17) is 4.42 Å². The Kier molecular flexibility index (Phi) is 3.93. The second-order valence-electron chi connectivity index (χ2n) is 4.33. The maximum atomic E-state index is 11.7. The molecule has 0 aliphatic rings. The number of ether oxygens (including phenoxy) is 1. The first kappa shape index (κ1) is 15.2. The standard InChI is InChI=1S/C14H11NO7/c1-6(16)10-11(17)8-4-3-7(5-9(8)22-13(10)19)15-12(18)14(20)21-2/h3-5,17H,1-2H3,(H,15,18). The van der Waals surface area contributed by atoms with E-state index in [1.807, 2.05) is 0 Å². The summed E-state index contributed by atoms with van der Waals surface area (Å²) < 4.78 is 9.19. The van der Waals surface area contributed by atoms with Crippen molar-refractivity contribution in [2.75, 3.05) is 12.4 Å². The number of aromatic hydroxyl groups is 1. The molecule has 1 aromatic heterocycles. The van der Waals surface area contributed by atoms with Gasteiger partial charge in [-0.05, 0) is 19.1 Å². The van der Waals surface area contributed by atoms with Gasteiger partial charge in [-0.15, -0.1) is 0 Å². The van der Waals surface area contributed by atoms with Crippen LogP contribution in [0.25, 0.3) is 11.0 Å². The summed E-state index contributed by atoms with van der Waals surface area (Å²) in [6.45, 7) is 1.13. The molecule has 0 atom stereocenters. The summed E-state index contributed by atoms with van der Waals surface area (Å²) in [6, 6.07) is 3.95. The van der Waals surface area contributed by atoms with Crippen molar-refractivity contribution in [2.45, 2.75) is 6.92 Å². The molecule has 114 valence electrons. The van der Waals surface area contributed by atoms with Gasteiger partial charge in [0.05, 0.1) is 12.5 Å². The Hall–Kier alpha value is -3.16. The highest BCUT2D eigenvalue weighted by molar-refractivity contribution is 6.37. The highest BCUT2D eigenvalue weighted by Gasteiger charge is 2.19. The molecule has 22 heavy (non-hydrogen) atoms. The van der Waals surface area contributed by atoms with E-state index in [0.29, 0.717) is 0 Å². The van der Waals surface area contributed by atoms with E-state index in [1.54, 1.807) is 0 Å². The van der Waals surface area contributed by atoms with Crippen molar-refractivity contribution in [3.8, 4) is 5.75 Å². The third kappa shape index (κ3) is 2.66. The van der Waals surface area contributed by atoms with Gasteiger partial charge in [0.25, 0.3) is 0 Å². The van der Waals surface area contributed by atoms with Crippen molar-refractivity contribution in [1.82, 2.24) is 0 Å². The van der Waals surface area contributed by atoms with Crippen LogP contribution >= 0.6 is 0 Å². The van der Waals surface area contributed by atoms with Gasteiger partial charge in [-0.1, -0.05) is 0 Å². The molecule has 0 spiro atoms. The lowest BCUT2D eigenvalue weighted by molar-refractivity contribution is -0.150. The second-order valence-corrected chi connectivity index (χ2v) is 4.33. The van der Waals surface area contributed by atoms with E-state index < -0.39 is 34.6 Å². The molecule has 0 saturated heterocycles. The number of anilines is 1. The van der Waals surface area contributed by atoms with Crippen LogP contribution in [0.1, 0.15) is 17.3 Å². The summed E-state index contributed by atoms with van der Waals surface area (Å²) in [5, 5.41) is 12.3. The largest absolute Gasteiger partial charge is 0.506 e. The normalized spacial score (nSPS) is 10.3. The van der Waals surface area contributed by atoms with Crippen LogP contribution in [0, 0.1) is 0 Å². The molecule has 0 aliphatic carbocycles. The summed E-state index contributed by atoms with van der Waals surface area (Å²) in [6.07, 6.45) is 0. The molecule has 8 nitrogen and oxygen atoms in total. The van der Waals surface area contributed by atoms with Crippen LogP contribution in [0.4, 0.5) is 5.69 Å². The molecule has 8 heteroatoms. The van der Waals surface area contributed by atoms with Crippen LogP contribution in [0.5, 0.6) is 5.75 Å². The molecule has 2 rings (SSSR count). The lowest BCUT2D eigenvalue weighted by Crippen LogP contribution is -2.23. The number of carbonyl (C=O) groups is 3. The SMILES string of the molecule is COC(=O)C(=O)Nc1ccc2c(O)c(C(C)=O)c(=O)oc2c1. The molecule has 2 aromatic rings. The fourth-order valence-corrected chi connectivity index (χ4v) is 1.85. The minimum absolute atomic E-state index is 0.0461. The summed E-state index contributed by atoms with van der Waals surface area (Å²) in [5.41, 5.74) is -1.33. The lowest BCUT2D eigenvalue weighted by Gasteiger charge is -2.07. The molecule has 1 heterocycles. The lowest BCUT2D eigenvalue weighted by atomic mass is 10.1. The molecule has 1 aromatic carbocycles. The zero-order chi connectivity index (χ0) is 16.4. The summed E-state index contributed by atoms with van der Waals surface area (Å²) >= 11 is 0. The van der Waals surface area contributed by atoms with E-state index in [1.165, 1.54) is 18.2 Å². The van der Waals surface area contributed by atoms with Crippen molar-refractivity contribution in [2.24, 2.45) is 0 Å². The van der Waals surface area contributed by atoms with Crippen molar-refractivity contribution in [3.05, 3.63) is 34.2 Å². The molecular formula is C14H11NO7. The van der Waals surface area contributed by atoms with Gasteiger partial charge in [-0.25, -0.2) is 9.59 Å². The van der Waals surface area contributed by atoms with Gasteiger partial charge < -0.3 is 19.6 Å². The van der Waals surface area contributed by atoms with Gasteiger partial charge in [-0.3, -0.25) is 9.59 Å². The van der Waals surface area contributed by atoms with E-state index in [0.717, 1.165) is 14.0 Å². The first-order valence-corrected chi connectivity index (χ1v) is 6.05. The van der Waals surface area contributed by atoms with E-state index in [9.17, 15) is 24.3 Å². The zero-order valence-electron chi connectivity index (χ0n) is 11.6. The summed E-state index contributed by atoms with van der Waals surface area (Å²) in [5.74, 6) is -3.22. The maximum Gasteiger partial charge on any atom is 0.396 e. The monoisotopic (exact) mass is 305 g/mol. The van der Waals surface area contributed by atoms with E-state index in [-0.39, 0.29) is 16.7 Å². The van der Waals surface area contributed by atoms with Gasteiger partial charge in [0.1, 0.15) is 16.9 Å². The van der Waals surface area contributed by atoms with Crippen LogP contribution in [-0.2, 0) is 14.3 Å². The van der Waals surface area contributed by atoms with Crippen LogP contribution in [-0.4, -0.2) is 29.9 Å². The van der Waals surface area contributed by atoms with Gasteiger partial charge in [0, 0.05) is 11.8 Å². The molecule has 0 fully saturated rings. The number of amides is 1. The quantitative estimate of drug-likeness (QED) is 0.364. The highest BCUT2D eigenvalue weighted by atomic mass is 16.5. The number of hydrogen-bond acceptors (Lipinski definition) is 7. The molecule has 0 saturated carbocycles.